The molecule has 44 heavy (non-hydrogen) atoms. The number of allylic oxidation sites excluding steroid dienone is 1. The minimum atomic E-state index is -1.20. The average molecular weight is 599 g/mol. The third-order valence-electron chi connectivity index (χ3n) is 8.67. The van der Waals surface area contributed by atoms with Crippen molar-refractivity contribution in [1.82, 2.24) is 24.4 Å². The molecule has 1 saturated heterocycles. The summed E-state index contributed by atoms with van der Waals surface area (Å²) in [5, 5.41) is 20.0. The second kappa shape index (κ2) is 11.7. The monoisotopic (exact) mass is 598 g/mol. The van der Waals surface area contributed by atoms with Gasteiger partial charge in [-0.2, -0.15) is 9.61 Å². The molecule has 3 aliphatic heterocycles. The summed E-state index contributed by atoms with van der Waals surface area (Å²) in [7, 11) is 0. The van der Waals surface area contributed by atoms with Crippen molar-refractivity contribution in [2.45, 2.75) is 78.4 Å². The van der Waals surface area contributed by atoms with E-state index in [4.69, 9.17) is 19.6 Å². The largest absolute Gasteiger partial charge is 0.489 e. The molecule has 1 aromatic carbocycles. The summed E-state index contributed by atoms with van der Waals surface area (Å²) in [6.45, 7) is 11.9. The number of aliphatic carboxylic acids is 1. The number of carboxylic acids is 1. The van der Waals surface area contributed by atoms with Crippen LogP contribution in [-0.4, -0.2) is 60.8 Å². The number of carbonyl (C=O) groups is 1. The zero-order chi connectivity index (χ0) is 31.1. The SMILES string of the molecule is Cc1nc2cc3nn2c(c1[C@H](OC(C)(C)C)C(=O)O)N1CCC(C)(CC/C=C/COc2ccccc2Cc2cnn-3c2)CC1. The van der Waals surface area contributed by atoms with Gasteiger partial charge in [-0.1, -0.05) is 37.3 Å². The molecule has 0 saturated carbocycles. The van der Waals surface area contributed by atoms with Crippen LogP contribution in [0.15, 0.2) is 54.9 Å². The van der Waals surface area contributed by atoms with Gasteiger partial charge in [0.25, 0.3) is 0 Å². The Balaban J connectivity index is 1.49. The number of para-hydroxylation sites is 1. The normalized spacial score (nSPS) is 18.5. The van der Waals surface area contributed by atoms with Crippen LogP contribution in [0.5, 0.6) is 5.75 Å². The maximum Gasteiger partial charge on any atom is 0.337 e. The fourth-order valence-corrected chi connectivity index (χ4v) is 6.26. The summed E-state index contributed by atoms with van der Waals surface area (Å²) in [4.78, 5) is 19.8. The van der Waals surface area contributed by atoms with E-state index in [2.05, 4.69) is 35.1 Å². The van der Waals surface area contributed by atoms with Crippen LogP contribution in [0.4, 0.5) is 5.82 Å². The molecule has 0 amide bonds. The zero-order valence-electron chi connectivity index (χ0n) is 26.3. The lowest BCUT2D eigenvalue weighted by atomic mass is 9.76. The highest BCUT2D eigenvalue weighted by molar-refractivity contribution is 5.78. The van der Waals surface area contributed by atoms with E-state index in [1.54, 1.807) is 9.20 Å². The molecule has 6 heterocycles. The Labute approximate surface area is 258 Å². The first-order valence-corrected chi connectivity index (χ1v) is 15.5. The van der Waals surface area contributed by atoms with Crippen molar-refractivity contribution in [2.75, 3.05) is 24.6 Å². The van der Waals surface area contributed by atoms with E-state index in [1.165, 1.54) is 0 Å². The Kier molecular flexibility index (Phi) is 7.96. The number of rotatable bonds is 3. The number of hydrogen-bond donors (Lipinski definition) is 1. The molecule has 7 rings (SSSR count). The van der Waals surface area contributed by atoms with Crippen molar-refractivity contribution in [3.8, 4) is 11.6 Å². The summed E-state index contributed by atoms with van der Waals surface area (Å²) in [5.41, 5.74) is 3.40. The number of hydrogen-bond acceptors (Lipinski definition) is 7. The number of benzene rings is 1. The Morgan fingerprint density at radius 2 is 1.91 bits per heavy atom. The van der Waals surface area contributed by atoms with E-state index in [9.17, 15) is 9.90 Å². The van der Waals surface area contributed by atoms with E-state index < -0.39 is 17.7 Å². The van der Waals surface area contributed by atoms with Crippen molar-refractivity contribution >= 4 is 17.4 Å². The number of anilines is 1. The topological polar surface area (TPSA) is 107 Å². The molecule has 6 bridgehead atoms. The highest BCUT2D eigenvalue weighted by Gasteiger charge is 2.37. The van der Waals surface area contributed by atoms with Gasteiger partial charge < -0.3 is 19.5 Å². The van der Waals surface area contributed by atoms with Crippen molar-refractivity contribution < 1.29 is 19.4 Å². The molecule has 0 radical (unpaired) electrons. The number of piperidine rings is 1. The molecular weight excluding hydrogens is 556 g/mol. The maximum atomic E-state index is 12.7. The van der Waals surface area contributed by atoms with Gasteiger partial charge in [0.15, 0.2) is 17.6 Å². The van der Waals surface area contributed by atoms with Crippen LogP contribution in [0.25, 0.3) is 11.5 Å². The van der Waals surface area contributed by atoms with Gasteiger partial charge in [-0.05, 0) is 76.0 Å². The maximum absolute atomic E-state index is 12.7. The van der Waals surface area contributed by atoms with Crippen LogP contribution < -0.4 is 9.64 Å². The quantitative estimate of drug-likeness (QED) is 0.283. The number of carboxylic acid groups (broad SMARTS) is 1. The van der Waals surface area contributed by atoms with Crippen LogP contribution in [0, 0.1) is 12.3 Å². The Morgan fingerprint density at radius 1 is 1.14 bits per heavy atom. The lowest BCUT2D eigenvalue weighted by Gasteiger charge is -2.41. The predicted octanol–water partition coefficient (Wildman–Crippen LogP) is 6.09. The van der Waals surface area contributed by atoms with E-state index in [0.717, 1.165) is 61.5 Å². The third kappa shape index (κ3) is 6.22. The van der Waals surface area contributed by atoms with Gasteiger partial charge in [0, 0.05) is 37.5 Å². The third-order valence-corrected chi connectivity index (χ3v) is 8.67. The highest BCUT2D eigenvalue weighted by Crippen LogP contribution is 2.41. The molecule has 10 nitrogen and oxygen atoms in total. The summed E-state index contributed by atoms with van der Waals surface area (Å²) < 4.78 is 15.9. The number of ether oxygens (including phenoxy) is 2. The predicted molar refractivity (Wildman–Crippen MR) is 169 cm³/mol. The minimum absolute atomic E-state index is 0.172. The van der Waals surface area contributed by atoms with Crippen molar-refractivity contribution in [3.05, 3.63) is 77.3 Å². The second-order valence-electron chi connectivity index (χ2n) is 13.4. The number of fused-ring (bicyclic) bond motifs is 6. The molecule has 232 valence electrons. The lowest BCUT2D eigenvalue weighted by molar-refractivity contribution is -0.160. The molecule has 1 atom stereocenters. The minimum Gasteiger partial charge on any atom is -0.489 e. The lowest BCUT2D eigenvalue weighted by Crippen LogP contribution is -2.41. The highest BCUT2D eigenvalue weighted by atomic mass is 16.5. The Bertz CT molecular complexity index is 1690. The molecule has 1 N–H and O–H groups in total. The van der Waals surface area contributed by atoms with Gasteiger partial charge in [-0.15, -0.1) is 5.10 Å². The van der Waals surface area contributed by atoms with Crippen LogP contribution >= 0.6 is 0 Å². The van der Waals surface area contributed by atoms with Crippen LogP contribution in [-0.2, 0) is 16.0 Å². The fourth-order valence-electron chi connectivity index (χ4n) is 6.26. The first kappa shape index (κ1) is 29.9. The molecule has 0 aliphatic carbocycles. The first-order valence-electron chi connectivity index (χ1n) is 15.5. The van der Waals surface area contributed by atoms with Gasteiger partial charge >= 0.3 is 5.97 Å². The molecular formula is C34H42N6O4. The van der Waals surface area contributed by atoms with Gasteiger partial charge in [-0.25, -0.2) is 14.5 Å². The zero-order valence-corrected chi connectivity index (χ0v) is 26.3. The molecule has 0 spiro atoms. The average Bonchev–Trinajstić information content (AvgIpc) is 3.60. The molecule has 3 aromatic heterocycles. The smallest absolute Gasteiger partial charge is 0.337 e. The molecule has 1 fully saturated rings. The van der Waals surface area contributed by atoms with Gasteiger partial charge in [-0.3, -0.25) is 0 Å². The molecule has 3 aliphatic rings. The summed E-state index contributed by atoms with van der Waals surface area (Å²) >= 11 is 0. The Hall–Kier alpha value is -4.18. The molecule has 0 unspecified atom stereocenters. The standard InChI is InChI=1S/C34H42N6O4/c1-23-29(30(32(41)42)44-33(2,3)4)31-38-16-14-34(5,15-17-38)13-9-6-10-18-43-26-12-8-7-11-25(26)19-24-21-35-39(22-24)28-20-27(36-23)40(31)37-28/h6-8,10-12,20-22,30H,9,13-19H2,1-5H3,(H,41,42)/b10-6+/t30-/m0/s1. The van der Waals surface area contributed by atoms with Crippen molar-refractivity contribution in [1.29, 1.82) is 0 Å². The van der Waals surface area contributed by atoms with E-state index in [0.29, 0.717) is 35.8 Å². The van der Waals surface area contributed by atoms with E-state index >= 15 is 0 Å². The number of aromatic nitrogens is 5. The van der Waals surface area contributed by atoms with Gasteiger partial charge in [0.2, 0.25) is 0 Å². The van der Waals surface area contributed by atoms with Crippen LogP contribution in [0.2, 0.25) is 0 Å². The summed E-state index contributed by atoms with van der Waals surface area (Å²) in [5.74, 6) is 1.16. The van der Waals surface area contributed by atoms with E-state index in [1.807, 2.05) is 64.4 Å². The number of aryl methyl sites for hydroxylation is 1. The molecule has 10 heteroatoms. The van der Waals surface area contributed by atoms with Crippen LogP contribution in [0.1, 0.15) is 81.9 Å². The van der Waals surface area contributed by atoms with E-state index in [-0.39, 0.29) is 5.41 Å². The Morgan fingerprint density at radius 3 is 2.66 bits per heavy atom. The van der Waals surface area contributed by atoms with Gasteiger partial charge in [0.1, 0.15) is 18.2 Å². The van der Waals surface area contributed by atoms with Crippen LogP contribution in [0.3, 0.4) is 0 Å². The first-order chi connectivity index (χ1) is 21.0. The van der Waals surface area contributed by atoms with Crippen molar-refractivity contribution in [3.63, 3.8) is 0 Å². The van der Waals surface area contributed by atoms with Crippen molar-refractivity contribution in [2.24, 2.45) is 5.41 Å². The fraction of sp³-hybridized carbons (Fsp3) is 0.471. The summed E-state index contributed by atoms with van der Waals surface area (Å²) in [6, 6.07) is 10.0. The number of nitrogens with zero attached hydrogens (tertiary/aromatic N) is 6. The van der Waals surface area contributed by atoms with Gasteiger partial charge in [0.05, 0.1) is 17.4 Å². The molecule has 4 aromatic rings. The second-order valence-corrected chi connectivity index (χ2v) is 13.4. The summed E-state index contributed by atoms with van der Waals surface area (Å²) in [6.07, 6.45) is 11.6.